The molecule has 0 spiro atoms. The van der Waals surface area contributed by atoms with E-state index >= 15 is 0 Å². The molecule has 0 saturated heterocycles. The van der Waals surface area contributed by atoms with E-state index in [1.165, 1.54) is 24.3 Å². The number of benzene rings is 3. The van der Waals surface area contributed by atoms with Crippen LogP contribution in [0.4, 0.5) is 24.5 Å². The van der Waals surface area contributed by atoms with E-state index < -0.39 is 28.6 Å². The van der Waals surface area contributed by atoms with Gasteiger partial charge < -0.3 is 20.8 Å². The maximum absolute atomic E-state index is 13.2. The van der Waals surface area contributed by atoms with Crippen LogP contribution in [0.5, 0.6) is 5.75 Å². The van der Waals surface area contributed by atoms with Gasteiger partial charge in [0.15, 0.2) is 0 Å². The van der Waals surface area contributed by atoms with Crippen LogP contribution >= 0.6 is 11.6 Å². The molecule has 3 aromatic carbocycles. The number of anilines is 2. The summed E-state index contributed by atoms with van der Waals surface area (Å²) in [5.41, 5.74) is 2.61. The van der Waals surface area contributed by atoms with Crippen LogP contribution in [0.3, 0.4) is 0 Å². The van der Waals surface area contributed by atoms with E-state index in [0.29, 0.717) is 11.1 Å². The summed E-state index contributed by atoms with van der Waals surface area (Å²) >= 11 is 5.67. The van der Waals surface area contributed by atoms with Gasteiger partial charge in [-0.2, -0.15) is 13.2 Å². The van der Waals surface area contributed by atoms with Crippen LogP contribution in [0, 0.1) is 13.8 Å². The van der Waals surface area contributed by atoms with Gasteiger partial charge in [0, 0.05) is 11.3 Å². The Morgan fingerprint density at radius 1 is 1.03 bits per heavy atom. The van der Waals surface area contributed by atoms with E-state index in [0.717, 1.165) is 29.3 Å². The number of hydrogen-bond donors (Lipinski definition) is 4. The number of phenols is 1. The number of phenolic OH excluding ortho intramolecular Hbond substituents is 1. The first-order chi connectivity index (χ1) is 17.3. The highest BCUT2D eigenvalue weighted by molar-refractivity contribution is 6.43. The predicted molar refractivity (Wildman–Crippen MR) is 136 cm³/mol. The number of alkyl halides is 3. The number of hydrogen-bond acceptors (Lipinski definition) is 4. The average Bonchev–Trinajstić information content (AvgIpc) is 3.12. The second kappa shape index (κ2) is 9.67. The molecular weight excluding hydrogens is 509 g/mol. The Labute approximate surface area is 214 Å². The van der Waals surface area contributed by atoms with Crippen molar-refractivity contribution in [3.05, 3.63) is 93.0 Å². The molecule has 4 rings (SSSR count). The van der Waals surface area contributed by atoms with Crippen molar-refractivity contribution in [3.63, 3.8) is 0 Å². The van der Waals surface area contributed by atoms with Crippen LogP contribution < -0.4 is 10.6 Å². The summed E-state index contributed by atoms with van der Waals surface area (Å²) in [6.45, 7) is 3.73. The molecule has 0 radical (unpaired) electrons. The van der Waals surface area contributed by atoms with Gasteiger partial charge in [0.2, 0.25) is 0 Å². The van der Waals surface area contributed by atoms with E-state index in [4.69, 9.17) is 16.7 Å². The molecule has 1 amide bonds. The first-order valence-corrected chi connectivity index (χ1v) is 11.3. The molecule has 37 heavy (non-hydrogen) atoms. The summed E-state index contributed by atoms with van der Waals surface area (Å²) in [6.07, 6.45) is -3.41. The van der Waals surface area contributed by atoms with Crippen LogP contribution in [0.25, 0.3) is 17.3 Å². The van der Waals surface area contributed by atoms with Crippen molar-refractivity contribution in [1.29, 1.82) is 0 Å². The minimum atomic E-state index is -4.58. The topological polar surface area (TPSA) is 98.7 Å². The fourth-order valence-electron chi connectivity index (χ4n) is 4.08. The number of fused-ring (bicyclic) bond motifs is 1. The SMILES string of the molecule is Cc1cc(C)cc(C(Nc2ccc(C=C(Cl)C(=O)O)cc2O)=C2C(=O)Nc3cc(C(F)(F)F)ccc32)c1. The van der Waals surface area contributed by atoms with Crippen LogP contribution in [-0.2, 0) is 15.8 Å². The zero-order chi connectivity index (χ0) is 27.1. The van der Waals surface area contributed by atoms with Crippen molar-refractivity contribution < 1.29 is 33.0 Å². The molecule has 3 aromatic rings. The molecule has 0 saturated carbocycles. The summed E-state index contributed by atoms with van der Waals surface area (Å²) in [4.78, 5) is 24.0. The smallest absolute Gasteiger partial charge is 0.416 e. The molecule has 0 aromatic heterocycles. The standard InChI is InChI=1S/C27H20ClF3N2O4/c1-13-7-14(2)9-16(8-13)24(32-20-6-3-15(11-22(20)34)10-19(28)26(36)37)23-18-5-4-17(27(29,30)31)12-21(18)33-25(23)35/h3-12,32,34H,1-2H3,(H,33,35)(H,36,37). The normalized spacial score (nSPS) is 14.8. The molecule has 0 fully saturated rings. The molecule has 6 nitrogen and oxygen atoms in total. The number of carboxylic acid groups (broad SMARTS) is 1. The van der Waals surface area contributed by atoms with Crippen molar-refractivity contribution in [2.75, 3.05) is 10.6 Å². The molecular formula is C27H20ClF3N2O4. The van der Waals surface area contributed by atoms with E-state index in [1.807, 2.05) is 19.9 Å². The molecule has 0 atom stereocenters. The first-order valence-electron chi connectivity index (χ1n) is 10.9. The number of amides is 1. The highest BCUT2D eigenvalue weighted by Crippen LogP contribution is 2.42. The van der Waals surface area contributed by atoms with Crippen molar-refractivity contribution in [3.8, 4) is 5.75 Å². The Balaban J connectivity index is 1.88. The third-order valence-corrected chi connectivity index (χ3v) is 5.90. The highest BCUT2D eigenvalue weighted by atomic mass is 35.5. The lowest BCUT2D eigenvalue weighted by Gasteiger charge is -2.17. The Morgan fingerprint density at radius 2 is 1.70 bits per heavy atom. The molecule has 1 heterocycles. The summed E-state index contributed by atoms with van der Waals surface area (Å²) < 4.78 is 39.7. The number of carboxylic acids is 1. The van der Waals surface area contributed by atoms with Crippen LogP contribution in [0.1, 0.15) is 33.4 Å². The van der Waals surface area contributed by atoms with E-state index in [1.54, 1.807) is 12.1 Å². The lowest BCUT2D eigenvalue weighted by Crippen LogP contribution is -2.10. The van der Waals surface area contributed by atoms with Gasteiger partial charge in [0.1, 0.15) is 10.8 Å². The van der Waals surface area contributed by atoms with Gasteiger partial charge in [0.25, 0.3) is 5.91 Å². The number of carbonyl (C=O) groups is 2. The fraction of sp³-hybridized carbons (Fsp3) is 0.111. The number of rotatable bonds is 5. The van der Waals surface area contributed by atoms with Crippen molar-refractivity contribution >= 4 is 52.2 Å². The maximum atomic E-state index is 13.2. The minimum absolute atomic E-state index is 0.0199. The van der Waals surface area contributed by atoms with E-state index in [9.17, 15) is 27.9 Å². The van der Waals surface area contributed by atoms with Crippen LogP contribution in [-0.4, -0.2) is 22.1 Å². The van der Waals surface area contributed by atoms with E-state index in [2.05, 4.69) is 10.6 Å². The summed E-state index contributed by atoms with van der Waals surface area (Å²) in [5, 5.41) is 24.7. The molecule has 1 aliphatic rings. The number of nitrogens with one attached hydrogen (secondary N) is 2. The molecule has 0 unspecified atom stereocenters. The van der Waals surface area contributed by atoms with E-state index in [-0.39, 0.29) is 34.0 Å². The van der Waals surface area contributed by atoms with Gasteiger partial charge in [-0.25, -0.2) is 4.79 Å². The lowest BCUT2D eigenvalue weighted by molar-refractivity contribution is -0.137. The lowest BCUT2D eigenvalue weighted by atomic mass is 9.96. The summed E-state index contributed by atoms with van der Waals surface area (Å²) in [6, 6.07) is 12.8. The minimum Gasteiger partial charge on any atom is -0.506 e. The van der Waals surface area contributed by atoms with Crippen molar-refractivity contribution in [1.82, 2.24) is 0 Å². The molecule has 10 heteroatoms. The largest absolute Gasteiger partial charge is 0.506 e. The van der Waals surface area contributed by atoms with Gasteiger partial charge >= 0.3 is 12.1 Å². The number of halogens is 4. The van der Waals surface area contributed by atoms with Gasteiger partial charge in [0.05, 0.1) is 22.5 Å². The molecule has 0 aliphatic carbocycles. The van der Waals surface area contributed by atoms with Gasteiger partial charge in [-0.15, -0.1) is 0 Å². The number of aryl methyl sites for hydroxylation is 2. The summed E-state index contributed by atoms with van der Waals surface area (Å²) in [7, 11) is 0. The van der Waals surface area contributed by atoms with Gasteiger partial charge in [-0.3, -0.25) is 4.79 Å². The monoisotopic (exact) mass is 528 g/mol. The van der Waals surface area contributed by atoms with Crippen LogP contribution in [0.2, 0.25) is 0 Å². The summed E-state index contributed by atoms with van der Waals surface area (Å²) in [5.74, 6) is -2.20. The third-order valence-electron chi connectivity index (χ3n) is 5.63. The highest BCUT2D eigenvalue weighted by Gasteiger charge is 2.35. The molecule has 190 valence electrons. The second-order valence-corrected chi connectivity index (χ2v) is 8.94. The van der Waals surface area contributed by atoms with Crippen molar-refractivity contribution in [2.24, 2.45) is 0 Å². The third kappa shape index (κ3) is 5.46. The van der Waals surface area contributed by atoms with Gasteiger partial charge in [-0.05, 0) is 67.4 Å². The Bertz CT molecular complexity index is 1490. The number of carbonyl (C=O) groups excluding carboxylic acids is 1. The number of aromatic hydroxyl groups is 1. The Hall–Kier alpha value is -4.24. The zero-order valence-corrected chi connectivity index (χ0v) is 20.3. The second-order valence-electron chi connectivity index (χ2n) is 8.54. The van der Waals surface area contributed by atoms with Crippen LogP contribution in [0.15, 0.2) is 59.6 Å². The predicted octanol–water partition coefficient (Wildman–Crippen LogP) is 6.62. The van der Waals surface area contributed by atoms with Crippen molar-refractivity contribution in [2.45, 2.75) is 20.0 Å². The Kier molecular flexibility index (Phi) is 6.75. The molecule has 0 bridgehead atoms. The fourth-order valence-corrected chi connectivity index (χ4v) is 4.21. The molecule has 1 aliphatic heterocycles. The molecule has 4 N–H and O–H groups in total. The zero-order valence-electron chi connectivity index (χ0n) is 19.5. The first kappa shape index (κ1) is 25.8. The Morgan fingerprint density at radius 3 is 2.30 bits per heavy atom. The average molecular weight is 529 g/mol. The van der Waals surface area contributed by atoms with Gasteiger partial charge in [-0.1, -0.05) is 40.9 Å². The quantitative estimate of drug-likeness (QED) is 0.220. The maximum Gasteiger partial charge on any atom is 0.416 e. The number of aliphatic carboxylic acids is 1.